The molecule has 0 amide bonds. The highest BCUT2D eigenvalue weighted by atomic mass is 35.5. The first-order valence-electron chi connectivity index (χ1n) is 5.90. The van der Waals surface area contributed by atoms with Gasteiger partial charge in [-0.25, -0.2) is 0 Å². The second kappa shape index (κ2) is 7.31. The van der Waals surface area contributed by atoms with Crippen LogP contribution in [-0.4, -0.2) is 22.5 Å². The molecule has 0 saturated carbocycles. The number of nitro benzene ring substituents is 1. The van der Waals surface area contributed by atoms with E-state index in [0.29, 0.717) is 18.7 Å². The Morgan fingerprint density at radius 2 is 2.00 bits per heavy atom. The molecule has 0 saturated heterocycles. The number of nitrogens with zero attached hydrogens (tertiary/aromatic N) is 1. The second-order valence-corrected chi connectivity index (χ2v) is 5.27. The van der Waals surface area contributed by atoms with Gasteiger partial charge in [-0.15, -0.1) is 0 Å². The van der Waals surface area contributed by atoms with E-state index in [1.807, 2.05) is 6.92 Å². The van der Waals surface area contributed by atoms with E-state index < -0.39 is 10.9 Å². The molecule has 0 heterocycles. The van der Waals surface area contributed by atoms with E-state index in [-0.39, 0.29) is 28.1 Å². The van der Waals surface area contributed by atoms with E-state index in [1.54, 1.807) is 0 Å². The van der Waals surface area contributed by atoms with E-state index in [2.05, 4.69) is 5.32 Å². The number of halogens is 2. The summed E-state index contributed by atoms with van der Waals surface area (Å²) < 4.78 is 0. The minimum Gasteiger partial charge on any atom is -0.481 e. The first kappa shape index (κ1) is 16.5. The summed E-state index contributed by atoms with van der Waals surface area (Å²) in [6.45, 7) is 2.37. The highest BCUT2D eigenvalue weighted by Crippen LogP contribution is 2.34. The Labute approximate surface area is 125 Å². The highest BCUT2D eigenvalue weighted by molar-refractivity contribution is 6.39. The minimum atomic E-state index is -0.844. The molecule has 20 heavy (non-hydrogen) atoms. The highest BCUT2D eigenvalue weighted by Gasteiger charge is 2.15. The van der Waals surface area contributed by atoms with Crippen LogP contribution in [0.4, 0.5) is 11.4 Å². The third-order valence-corrected chi connectivity index (χ3v) is 3.31. The van der Waals surface area contributed by atoms with Crippen molar-refractivity contribution in [3.63, 3.8) is 0 Å². The smallest absolute Gasteiger partial charge is 0.303 e. The number of rotatable bonds is 7. The van der Waals surface area contributed by atoms with Crippen LogP contribution in [-0.2, 0) is 4.79 Å². The van der Waals surface area contributed by atoms with Gasteiger partial charge >= 0.3 is 5.97 Å². The molecule has 0 bridgehead atoms. The van der Waals surface area contributed by atoms with Crippen molar-refractivity contribution in [2.24, 2.45) is 5.92 Å². The number of aliphatic carboxylic acids is 1. The van der Waals surface area contributed by atoms with Crippen LogP contribution in [0.1, 0.15) is 19.8 Å². The molecule has 8 heteroatoms. The van der Waals surface area contributed by atoms with E-state index in [9.17, 15) is 14.9 Å². The molecule has 2 N–H and O–H groups in total. The van der Waals surface area contributed by atoms with E-state index in [4.69, 9.17) is 28.3 Å². The average Bonchev–Trinajstić information content (AvgIpc) is 2.34. The number of carboxylic acids is 1. The fourth-order valence-electron chi connectivity index (χ4n) is 1.58. The molecule has 0 aliphatic carbocycles. The zero-order valence-corrected chi connectivity index (χ0v) is 12.2. The van der Waals surface area contributed by atoms with E-state index in [0.717, 1.165) is 0 Å². The monoisotopic (exact) mass is 320 g/mol. The molecule has 6 nitrogen and oxygen atoms in total. The van der Waals surface area contributed by atoms with Gasteiger partial charge in [-0.1, -0.05) is 30.1 Å². The summed E-state index contributed by atoms with van der Waals surface area (Å²) in [5, 5.41) is 22.6. The summed E-state index contributed by atoms with van der Waals surface area (Å²) in [7, 11) is 0. The lowest BCUT2D eigenvalue weighted by atomic mass is 10.1. The molecule has 0 radical (unpaired) electrons. The van der Waals surface area contributed by atoms with Crippen molar-refractivity contribution in [3.05, 3.63) is 32.3 Å². The Balaban J connectivity index is 2.69. The number of hydrogen-bond acceptors (Lipinski definition) is 4. The summed E-state index contributed by atoms with van der Waals surface area (Å²) in [5.74, 6) is -0.739. The minimum absolute atomic E-state index is 0.0879. The number of nitro groups is 1. The van der Waals surface area contributed by atoms with Crippen LogP contribution in [0.25, 0.3) is 0 Å². The fraction of sp³-hybridized carbons (Fsp3) is 0.417. The maximum Gasteiger partial charge on any atom is 0.303 e. The van der Waals surface area contributed by atoms with Gasteiger partial charge in [0.1, 0.15) is 0 Å². The summed E-state index contributed by atoms with van der Waals surface area (Å²) in [6, 6.07) is 2.44. The Bertz CT molecular complexity index is 499. The third kappa shape index (κ3) is 4.86. The van der Waals surface area contributed by atoms with Gasteiger partial charge in [0, 0.05) is 25.1 Å². The standard InChI is InChI=1S/C12H14Cl2N2O4/c1-7(2-3-11(17)18)6-15-12-9(13)4-8(16(19)20)5-10(12)14/h4-5,7,15H,2-3,6H2,1H3,(H,17,18). The molecule has 0 spiro atoms. The third-order valence-electron chi connectivity index (χ3n) is 2.72. The molecule has 1 atom stereocenters. The Hall–Kier alpha value is -1.53. The van der Waals surface area contributed by atoms with Gasteiger partial charge in [0.05, 0.1) is 20.7 Å². The quantitative estimate of drug-likeness (QED) is 0.588. The van der Waals surface area contributed by atoms with Crippen LogP contribution in [0.5, 0.6) is 0 Å². The Morgan fingerprint density at radius 3 is 2.45 bits per heavy atom. The van der Waals surface area contributed by atoms with Crippen molar-refractivity contribution in [1.82, 2.24) is 0 Å². The van der Waals surface area contributed by atoms with Gasteiger partial charge in [0.2, 0.25) is 0 Å². The predicted octanol–water partition coefficient (Wildman–Crippen LogP) is 3.81. The number of carboxylic acid groups (broad SMARTS) is 1. The predicted molar refractivity (Wildman–Crippen MR) is 77.6 cm³/mol. The van der Waals surface area contributed by atoms with Crippen molar-refractivity contribution < 1.29 is 14.8 Å². The zero-order chi connectivity index (χ0) is 15.3. The molecule has 0 fully saturated rings. The van der Waals surface area contributed by atoms with Crippen LogP contribution in [0.15, 0.2) is 12.1 Å². The second-order valence-electron chi connectivity index (χ2n) is 4.46. The maximum atomic E-state index is 10.6. The van der Waals surface area contributed by atoms with Crippen molar-refractivity contribution in [2.45, 2.75) is 19.8 Å². The molecule has 1 rings (SSSR count). The van der Waals surface area contributed by atoms with Gasteiger partial charge in [-0.3, -0.25) is 14.9 Å². The van der Waals surface area contributed by atoms with Crippen molar-refractivity contribution in [1.29, 1.82) is 0 Å². The number of non-ortho nitro benzene ring substituents is 1. The topological polar surface area (TPSA) is 92.5 Å². The molecule has 1 aromatic carbocycles. The largest absolute Gasteiger partial charge is 0.481 e. The lowest BCUT2D eigenvalue weighted by molar-refractivity contribution is -0.384. The van der Waals surface area contributed by atoms with Crippen LogP contribution in [0.3, 0.4) is 0 Å². The van der Waals surface area contributed by atoms with Gasteiger partial charge < -0.3 is 10.4 Å². The van der Waals surface area contributed by atoms with Crippen LogP contribution in [0.2, 0.25) is 10.0 Å². The summed E-state index contributed by atoms with van der Waals surface area (Å²) in [6.07, 6.45) is 0.606. The summed E-state index contributed by atoms with van der Waals surface area (Å²) in [4.78, 5) is 20.5. The Morgan fingerprint density at radius 1 is 1.45 bits per heavy atom. The normalized spacial score (nSPS) is 11.9. The molecule has 0 aliphatic heterocycles. The average molecular weight is 321 g/mol. The lowest BCUT2D eigenvalue weighted by Crippen LogP contribution is -2.13. The number of hydrogen-bond donors (Lipinski definition) is 2. The first-order chi connectivity index (χ1) is 9.31. The number of anilines is 1. The molecular weight excluding hydrogens is 307 g/mol. The van der Waals surface area contributed by atoms with Crippen LogP contribution >= 0.6 is 23.2 Å². The van der Waals surface area contributed by atoms with Gasteiger partial charge in [-0.2, -0.15) is 0 Å². The number of benzene rings is 1. The van der Waals surface area contributed by atoms with Crippen molar-refractivity contribution >= 4 is 40.5 Å². The zero-order valence-electron chi connectivity index (χ0n) is 10.7. The molecule has 1 aromatic rings. The summed E-state index contributed by atoms with van der Waals surface area (Å²) in [5.41, 5.74) is 0.241. The van der Waals surface area contributed by atoms with Gasteiger partial charge in [0.15, 0.2) is 0 Å². The molecule has 110 valence electrons. The fourth-order valence-corrected chi connectivity index (χ4v) is 2.19. The molecule has 0 aliphatic rings. The van der Waals surface area contributed by atoms with E-state index in [1.165, 1.54) is 12.1 Å². The summed E-state index contributed by atoms with van der Waals surface area (Å²) >= 11 is 11.9. The van der Waals surface area contributed by atoms with Crippen LogP contribution < -0.4 is 5.32 Å². The van der Waals surface area contributed by atoms with Crippen molar-refractivity contribution in [2.75, 3.05) is 11.9 Å². The van der Waals surface area contributed by atoms with Gasteiger partial charge in [0.25, 0.3) is 5.69 Å². The number of nitrogens with one attached hydrogen (secondary N) is 1. The first-order valence-corrected chi connectivity index (χ1v) is 6.66. The van der Waals surface area contributed by atoms with Crippen molar-refractivity contribution in [3.8, 4) is 0 Å². The SMILES string of the molecule is CC(CCC(=O)O)CNc1c(Cl)cc([N+](=O)[O-])cc1Cl. The Kier molecular flexibility index (Phi) is 6.04. The van der Waals surface area contributed by atoms with Gasteiger partial charge in [-0.05, 0) is 12.3 Å². The molecule has 1 unspecified atom stereocenters. The maximum absolute atomic E-state index is 10.6. The number of carbonyl (C=O) groups is 1. The molecule has 0 aromatic heterocycles. The molecular formula is C12H14Cl2N2O4. The lowest BCUT2D eigenvalue weighted by Gasteiger charge is -2.14. The van der Waals surface area contributed by atoms with Crippen LogP contribution in [0, 0.1) is 16.0 Å². The van der Waals surface area contributed by atoms with E-state index >= 15 is 0 Å².